The standard InChI is InChI=1S/C60H102O6/c1-4-7-10-13-16-19-22-25-27-29-31-32-35-38-41-44-47-50-53-59(62)65-56-57(55-64-58(61)52-49-46-43-40-37-34-24-21-18-15-12-9-6-3)66-60(63)54-51-48-45-42-39-36-33-30-28-26-23-20-17-14-11-8-5-2/h8,11,17,19-20,22,26-29,33,36,42,45,57H,4-7,9-10,12-16,18,21,23-25,30-32,34-35,37-41,43-44,46-56H2,1-3H3/b11-8-,20-17-,22-19-,28-26-,29-27-,36-33-,45-42-. The minimum atomic E-state index is -0.808. The molecule has 0 saturated carbocycles. The molecule has 66 heavy (non-hydrogen) atoms. The van der Waals surface area contributed by atoms with Gasteiger partial charge < -0.3 is 14.2 Å². The van der Waals surface area contributed by atoms with Crippen LogP contribution in [0.4, 0.5) is 0 Å². The van der Waals surface area contributed by atoms with Gasteiger partial charge in [0.1, 0.15) is 13.2 Å². The number of unbranched alkanes of at least 4 members (excludes halogenated alkanes) is 24. The highest BCUT2D eigenvalue weighted by molar-refractivity contribution is 5.71. The monoisotopic (exact) mass is 919 g/mol. The zero-order valence-electron chi connectivity index (χ0n) is 43.2. The zero-order valence-corrected chi connectivity index (χ0v) is 43.2. The van der Waals surface area contributed by atoms with Crippen LogP contribution in [0.5, 0.6) is 0 Å². The first-order valence-electron chi connectivity index (χ1n) is 27.6. The number of rotatable bonds is 49. The van der Waals surface area contributed by atoms with Crippen molar-refractivity contribution in [3.05, 3.63) is 85.1 Å². The van der Waals surface area contributed by atoms with Gasteiger partial charge in [-0.2, -0.15) is 0 Å². The normalized spacial score (nSPS) is 12.7. The van der Waals surface area contributed by atoms with Gasteiger partial charge in [0.15, 0.2) is 6.10 Å². The third-order valence-corrected chi connectivity index (χ3v) is 11.6. The van der Waals surface area contributed by atoms with E-state index in [2.05, 4.69) is 106 Å². The van der Waals surface area contributed by atoms with Gasteiger partial charge in [-0.1, -0.05) is 234 Å². The van der Waals surface area contributed by atoms with E-state index in [9.17, 15) is 14.4 Å². The molecule has 0 fully saturated rings. The van der Waals surface area contributed by atoms with Crippen molar-refractivity contribution in [2.45, 2.75) is 264 Å². The molecule has 0 aromatic heterocycles. The molecule has 0 aromatic rings. The quantitative estimate of drug-likeness (QED) is 0.0262. The van der Waals surface area contributed by atoms with Crippen LogP contribution in [0.2, 0.25) is 0 Å². The van der Waals surface area contributed by atoms with Crippen LogP contribution in [0.3, 0.4) is 0 Å². The summed E-state index contributed by atoms with van der Waals surface area (Å²) in [7, 11) is 0. The van der Waals surface area contributed by atoms with Crippen LogP contribution in [0.1, 0.15) is 258 Å². The summed E-state index contributed by atoms with van der Waals surface area (Å²) in [5.41, 5.74) is 0. The molecule has 1 atom stereocenters. The summed E-state index contributed by atoms with van der Waals surface area (Å²) in [5.74, 6) is -0.963. The SMILES string of the molecule is CC/C=C\C/C=C\C/C=C\C/C=C\C/C=C\CCCC(=O)OC(COC(=O)CCCCCCCCC/C=C\C/C=C\CCCCCC)COC(=O)CCCCCCCCCCCCCCC. The maximum atomic E-state index is 12.8. The average Bonchev–Trinajstić information content (AvgIpc) is 3.31. The lowest BCUT2D eigenvalue weighted by Gasteiger charge is -2.18. The highest BCUT2D eigenvalue weighted by atomic mass is 16.6. The maximum Gasteiger partial charge on any atom is 0.306 e. The summed E-state index contributed by atoms with van der Waals surface area (Å²) in [5, 5.41) is 0. The topological polar surface area (TPSA) is 78.9 Å². The van der Waals surface area contributed by atoms with Crippen molar-refractivity contribution in [3.63, 3.8) is 0 Å². The Kier molecular flexibility index (Phi) is 51.4. The molecule has 0 spiro atoms. The molecule has 0 N–H and O–H groups in total. The molecular weight excluding hydrogens is 817 g/mol. The largest absolute Gasteiger partial charge is 0.462 e. The first-order valence-corrected chi connectivity index (χ1v) is 27.6. The number of allylic oxidation sites excluding steroid dienone is 14. The summed E-state index contributed by atoms with van der Waals surface area (Å²) < 4.78 is 16.8. The smallest absolute Gasteiger partial charge is 0.306 e. The summed E-state index contributed by atoms with van der Waals surface area (Å²) >= 11 is 0. The molecule has 378 valence electrons. The summed E-state index contributed by atoms with van der Waals surface area (Å²) in [6.45, 7) is 6.46. The van der Waals surface area contributed by atoms with Crippen molar-refractivity contribution in [1.29, 1.82) is 0 Å². The Morgan fingerprint density at radius 2 is 0.606 bits per heavy atom. The lowest BCUT2D eigenvalue weighted by atomic mass is 10.0. The van der Waals surface area contributed by atoms with Crippen molar-refractivity contribution < 1.29 is 28.6 Å². The van der Waals surface area contributed by atoms with E-state index in [0.717, 1.165) is 89.9 Å². The van der Waals surface area contributed by atoms with Crippen LogP contribution in [0.15, 0.2) is 85.1 Å². The molecule has 6 heteroatoms. The van der Waals surface area contributed by atoms with Crippen LogP contribution >= 0.6 is 0 Å². The second-order valence-electron chi connectivity index (χ2n) is 18.1. The van der Waals surface area contributed by atoms with Crippen LogP contribution < -0.4 is 0 Å². The third kappa shape index (κ3) is 51.6. The molecule has 0 aliphatic rings. The molecule has 0 aromatic carbocycles. The van der Waals surface area contributed by atoms with E-state index in [1.165, 1.54) is 122 Å². The predicted molar refractivity (Wildman–Crippen MR) is 284 cm³/mol. The molecular formula is C60H102O6. The van der Waals surface area contributed by atoms with E-state index in [1.54, 1.807) is 0 Å². The van der Waals surface area contributed by atoms with Gasteiger partial charge in [-0.3, -0.25) is 14.4 Å². The van der Waals surface area contributed by atoms with Gasteiger partial charge in [-0.05, 0) is 89.9 Å². The Morgan fingerprint density at radius 3 is 0.985 bits per heavy atom. The highest BCUT2D eigenvalue weighted by Gasteiger charge is 2.19. The molecule has 1 unspecified atom stereocenters. The van der Waals surface area contributed by atoms with E-state index in [4.69, 9.17) is 14.2 Å². The highest BCUT2D eigenvalue weighted by Crippen LogP contribution is 2.15. The first kappa shape index (κ1) is 62.6. The second-order valence-corrected chi connectivity index (χ2v) is 18.1. The summed E-state index contributed by atoms with van der Waals surface area (Å²) in [4.78, 5) is 38.1. The number of esters is 3. The number of ether oxygens (including phenoxy) is 3. The molecule has 0 saturated heterocycles. The van der Waals surface area contributed by atoms with Gasteiger partial charge in [0.05, 0.1) is 0 Å². The fourth-order valence-corrected chi connectivity index (χ4v) is 7.51. The lowest BCUT2D eigenvalue weighted by molar-refractivity contribution is -0.167. The summed E-state index contributed by atoms with van der Waals surface area (Å²) in [6.07, 6.45) is 70.0. The Morgan fingerprint density at radius 1 is 0.318 bits per heavy atom. The molecule has 0 amide bonds. The Bertz CT molecular complexity index is 1290. The van der Waals surface area contributed by atoms with Gasteiger partial charge >= 0.3 is 17.9 Å². The Labute approximate surface area is 407 Å². The maximum absolute atomic E-state index is 12.8. The fraction of sp³-hybridized carbons (Fsp3) is 0.717. The molecule has 0 aliphatic carbocycles. The zero-order chi connectivity index (χ0) is 47.9. The molecule has 0 rings (SSSR count). The van der Waals surface area contributed by atoms with Crippen molar-refractivity contribution in [3.8, 4) is 0 Å². The number of hydrogen-bond donors (Lipinski definition) is 0. The van der Waals surface area contributed by atoms with Crippen molar-refractivity contribution in [1.82, 2.24) is 0 Å². The predicted octanol–water partition coefficient (Wildman–Crippen LogP) is 18.4. The Hall–Kier alpha value is -3.41. The van der Waals surface area contributed by atoms with Gasteiger partial charge in [-0.15, -0.1) is 0 Å². The van der Waals surface area contributed by atoms with Crippen molar-refractivity contribution in [2.24, 2.45) is 0 Å². The van der Waals surface area contributed by atoms with E-state index in [1.807, 2.05) is 0 Å². The van der Waals surface area contributed by atoms with Crippen LogP contribution in [-0.4, -0.2) is 37.2 Å². The fourth-order valence-electron chi connectivity index (χ4n) is 7.51. The van der Waals surface area contributed by atoms with E-state index >= 15 is 0 Å². The van der Waals surface area contributed by atoms with Gasteiger partial charge in [0, 0.05) is 19.3 Å². The number of carbonyl (C=O) groups excluding carboxylic acids is 3. The molecule has 0 aliphatic heterocycles. The van der Waals surface area contributed by atoms with E-state index < -0.39 is 6.10 Å². The van der Waals surface area contributed by atoms with E-state index in [0.29, 0.717) is 19.3 Å². The molecule has 0 heterocycles. The number of carbonyl (C=O) groups is 3. The minimum Gasteiger partial charge on any atom is -0.462 e. The van der Waals surface area contributed by atoms with Gasteiger partial charge in [-0.25, -0.2) is 0 Å². The molecule has 6 nitrogen and oxygen atoms in total. The van der Waals surface area contributed by atoms with Gasteiger partial charge in [0.2, 0.25) is 0 Å². The van der Waals surface area contributed by atoms with Crippen LogP contribution in [-0.2, 0) is 28.6 Å². The van der Waals surface area contributed by atoms with Crippen molar-refractivity contribution >= 4 is 17.9 Å². The average molecular weight is 919 g/mol. The van der Waals surface area contributed by atoms with E-state index in [-0.39, 0.29) is 37.5 Å². The second kappa shape index (κ2) is 54.2. The van der Waals surface area contributed by atoms with Crippen LogP contribution in [0, 0.1) is 0 Å². The number of hydrogen-bond acceptors (Lipinski definition) is 6. The minimum absolute atomic E-state index is 0.100. The van der Waals surface area contributed by atoms with Crippen molar-refractivity contribution in [2.75, 3.05) is 13.2 Å². The molecule has 0 radical (unpaired) electrons. The first-order chi connectivity index (χ1) is 32.5. The lowest BCUT2D eigenvalue weighted by Crippen LogP contribution is -2.30. The summed E-state index contributed by atoms with van der Waals surface area (Å²) in [6, 6.07) is 0. The van der Waals surface area contributed by atoms with Crippen LogP contribution in [0.25, 0.3) is 0 Å². The molecule has 0 bridgehead atoms. The van der Waals surface area contributed by atoms with Gasteiger partial charge in [0.25, 0.3) is 0 Å². The Balaban J connectivity index is 4.47. The third-order valence-electron chi connectivity index (χ3n) is 11.6.